The number of hydrogen-bond donors (Lipinski definition) is 0. The van der Waals surface area contributed by atoms with Crippen molar-refractivity contribution in [3.63, 3.8) is 0 Å². The summed E-state index contributed by atoms with van der Waals surface area (Å²) in [5, 5.41) is 1.04. The molecule has 4 rings (SSSR count). The highest BCUT2D eigenvalue weighted by Crippen LogP contribution is 2.39. The van der Waals surface area contributed by atoms with E-state index in [0.717, 1.165) is 29.9 Å². The molecule has 2 aliphatic heterocycles. The summed E-state index contributed by atoms with van der Waals surface area (Å²) in [4.78, 5) is 14.8. The molecule has 1 amide bonds. The summed E-state index contributed by atoms with van der Waals surface area (Å²) in [6.45, 7) is 4.53. The van der Waals surface area contributed by atoms with Gasteiger partial charge in [-0.25, -0.2) is 0 Å². The third-order valence-corrected chi connectivity index (χ3v) is 6.09. The molecule has 0 unspecified atom stereocenters. The van der Waals surface area contributed by atoms with E-state index in [-0.39, 0.29) is 11.9 Å². The highest BCUT2D eigenvalue weighted by molar-refractivity contribution is 6.35. The smallest absolute Gasteiger partial charge is 0.223 e. The summed E-state index contributed by atoms with van der Waals surface area (Å²) >= 11 is 12.0. The molecule has 2 aliphatic rings. The number of nitrogens with zero attached hydrogens (tertiary/aromatic N) is 1. The minimum atomic E-state index is 0.00466. The van der Waals surface area contributed by atoms with E-state index in [1.165, 1.54) is 5.56 Å². The Morgan fingerprint density at radius 2 is 1.93 bits per heavy atom. The first kappa shape index (κ1) is 21.1. The molecule has 0 saturated heterocycles. The Balaban J connectivity index is 1.34. The number of benzene rings is 2. The van der Waals surface area contributed by atoms with Crippen molar-refractivity contribution in [3.8, 4) is 17.2 Å². The Bertz CT molecular complexity index is 934. The van der Waals surface area contributed by atoms with Gasteiger partial charge in [0.05, 0.1) is 30.9 Å². The van der Waals surface area contributed by atoms with Crippen LogP contribution in [0.5, 0.6) is 17.2 Å². The van der Waals surface area contributed by atoms with E-state index < -0.39 is 0 Å². The van der Waals surface area contributed by atoms with Gasteiger partial charge in [0.15, 0.2) is 11.5 Å². The Morgan fingerprint density at radius 3 is 2.70 bits per heavy atom. The topological polar surface area (TPSA) is 48.0 Å². The third-order valence-electron chi connectivity index (χ3n) is 5.56. The molecule has 0 radical (unpaired) electrons. The lowest BCUT2D eigenvalue weighted by Gasteiger charge is -2.36. The van der Waals surface area contributed by atoms with Crippen LogP contribution in [0.25, 0.3) is 0 Å². The zero-order valence-electron chi connectivity index (χ0n) is 17.0. The number of carbonyl (C=O) groups is 1. The van der Waals surface area contributed by atoms with E-state index in [1.54, 1.807) is 18.2 Å². The largest absolute Gasteiger partial charge is 0.492 e. The van der Waals surface area contributed by atoms with Gasteiger partial charge >= 0.3 is 0 Å². The van der Waals surface area contributed by atoms with Crippen molar-refractivity contribution >= 4 is 29.1 Å². The first-order chi connectivity index (χ1) is 14.5. The minimum absolute atomic E-state index is 0.00466. The van der Waals surface area contributed by atoms with E-state index >= 15 is 0 Å². The summed E-state index contributed by atoms with van der Waals surface area (Å²) in [6.07, 6.45) is 2.74. The van der Waals surface area contributed by atoms with E-state index in [4.69, 9.17) is 37.4 Å². The number of carbonyl (C=O) groups excluding carboxylic acids is 1. The van der Waals surface area contributed by atoms with Crippen LogP contribution in [0.15, 0.2) is 30.3 Å². The SMILES string of the molecule is C[C@H]1c2cc3c(cc2CCN1C(=O)CCCOc1ccc(Cl)cc1Cl)OCCCO3. The molecule has 0 aromatic heterocycles. The molecule has 5 nitrogen and oxygen atoms in total. The van der Waals surface area contributed by atoms with Crippen molar-refractivity contribution in [3.05, 3.63) is 51.5 Å². The highest BCUT2D eigenvalue weighted by Gasteiger charge is 2.29. The molecule has 2 heterocycles. The fraction of sp³-hybridized carbons (Fsp3) is 0.435. The summed E-state index contributed by atoms with van der Waals surface area (Å²) < 4.78 is 17.3. The Hall–Kier alpha value is -2.11. The third kappa shape index (κ3) is 4.62. The Kier molecular flexibility index (Phi) is 6.59. The summed E-state index contributed by atoms with van der Waals surface area (Å²) in [5.41, 5.74) is 2.37. The molecule has 0 spiro atoms. The van der Waals surface area contributed by atoms with Crippen molar-refractivity contribution in [2.45, 2.75) is 38.6 Å². The maximum absolute atomic E-state index is 12.9. The minimum Gasteiger partial charge on any atom is -0.492 e. The van der Waals surface area contributed by atoms with E-state index in [0.29, 0.717) is 55.0 Å². The van der Waals surface area contributed by atoms with Gasteiger partial charge in [0, 0.05) is 24.4 Å². The van der Waals surface area contributed by atoms with Crippen LogP contribution < -0.4 is 14.2 Å². The van der Waals surface area contributed by atoms with Gasteiger partial charge in [0.2, 0.25) is 5.91 Å². The van der Waals surface area contributed by atoms with Crippen molar-refractivity contribution in [1.29, 1.82) is 0 Å². The fourth-order valence-corrected chi connectivity index (χ4v) is 4.42. The Morgan fingerprint density at radius 1 is 1.17 bits per heavy atom. The lowest BCUT2D eigenvalue weighted by molar-refractivity contribution is -0.134. The maximum Gasteiger partial charge on any atom is 0.223 e. The molecule has 1 atom stereocenters. The van der Waals surface area contributed by atoms with Crippen LogP contribution in [0.1, 0.15) is 43.4 Å². The van der Waals surface area contributed by atoms with Gasteiger partial charge in [-0.15, -0.1) is 0 Å². The average molecular weight is 450 g/mol. The van der Waals surface area contributed by atoms with Crippen LogP contribution >= 0.6 is 23.2 Å². The van der Waals surface area contributed by atoms with E-state index in [1.807, 2.05) is 11.0 Å². The van der Waals surface area contributed by atoms with Crippen molar-refractivity contribution in [2.24, 2.45) is 0 Å². The number of halogens is 2. The molecule has 2 aromatic carbocycles. The molecule has 7 heteroatoms. The van der Waals surface area contributed by atoms with Gasteiger partial charge < -0.3 is 19.1 Å². The molecule has 0 aliphatic carbocycles. The van der Waals surface area contributed by atoms with Gasteiger partial charge in [-0.05, 0) is 61.2 Å². The molecular weight excluding hydrogens is 425 g/mol. The van der Waals surface area contributed by atoms with Crippen LogP contribution in [0, 0.1) is 0 Å². The van der Waals surface area contributed by atoms with Gasteiger partial charge in [-0.1, -0.05) is 23.2 Å². The number of rotatable bonds is 5. The normalized spacial score (nSPS) is 17.8. The molecular formula is C23H25Cl2NO4. The molecule has 0 fully saturated rings. The second-order valence-electron chi connectivity index (χ2n) is 7.59. The Labute approximate surface area is 186 Å². The van der Waals surface area contributed by atoms with Gasteiger partial charge in [-0.2, -0.15) is 0 Å². The lowest BCUT2D eigenvalue weighted by Crippen LogP contribution is -2.38. The van der Waals surface area contributed by atoms with Gasteiger partial charge in [0.25, 0.3) is 0 Å². The predicted octanol–water partition coefficient (Wildman–Crippen LogP) is 5.46. The first-order valence-electron chi connectivity index (χ1n) is 10.3. The summed E-state index contributed by atoms with van der Waals surface area (Å²) in [6, 6.07) is 9.25. The number of fused-ring (bicyclic) bond motifs is 2. The van der Waals surface area contributed by atoms with E-state index in [2.05, 4.69) is 13.0 Å². The zero-order chi connectivity index (χ0) is 21.1. The van der Waals surface area contributed by atoms with Crippen LogP contribution in [-0.4, -0.2) is 37.2 Å². The molecule has 0 saturated carbocycles. The van der Waals surface area contributed by atoms with Crippen LogP contribution in [0.4, 0.5) is 0 Å². The van der Waals surface area contributed by atoms with Gasteiger partial charge in [-0.3, -0.25) is 4.79 Å². The highest BCUT2D eigenvalue weighted by atomic mass is 35.5. The lowest BCUT2D eigenvalue weighted by atomic mass is 9.92. The zero-order valence-corrected chi connectivity index (χ0v) is 18.5. The van der Waals surface area contributed by atoms with Crippen molar-refractivity contribution in [2.75, 3.05) is 26.4 Å². The molecule has 0 bridgehead atoms. The van der Waals surface area contributed by atoms with E-state index in [9.17, 15) is 4.79 Å². The molecule has 2 aromatic rings. The molecule has 160 valence electrons. The standard InChI is InChI=1S/C23H25Cl2NO4/c1-15-18-14-22-21(29-10-3-11-30-22)12-16(18)7-8-26(15)23(27)4-2-9-28-20-6-5-17(24)13-19(20)25/h5-6,12-15H,2-4,7-11H2,1H3/t15-/m0/s1. The second kappa shape index (κ2) is 9.36. The average Bonchev–Trinajstić information content (AvgIpc) is 2.96. The van der Waals surface area contributed by atoms with Crippen LogP contribution in [0.3, 0.4) is 0 Å². The van der Waals surface area contributed by atoms with Crippen LogP contribution in [0.2, 0.25) is 10.0 Å². The van der Waals surface area contributed by atoms with Crippen molar-refractivity contribution in [1.82, 2.24) is 4.90 Å². The first-order valence-corrected chi connectivity index (χ1v) is 11.1. The fourth-order valence-electron chi connectivity index (χ4n) is 3.96. The number of amides is 1. The quantitative estimate of drug-likeness (QED) is 0.568. The molecule has 30 heavy (non-hydrogen) atoms. The number of hydrogen-bond acceptors (Lipinski definition) is 4. The molecule has 0 N–H and O–H groups in total. The monoisotopic (exact) mass is 449 g/mol. The number of ether oxygens (including phenoxy) is 3. The maximum atomic E-state index is 12.9. The predicted molar refractivity (Wildman–Crippen MR) is 117 cm³/mol. The van der Waals surface area contributed by atoms with Gasteiger partial charge in [0.1, 0.15) is 5.75 Å². The summed E-state index contributed by atoms with van der Waals surface area (Å²) in [7, 11) is 0. The van der Waals surface area contributed by atoms with Crippen LogP contribution in [-0.2, 0) is 11.2 Å². The second-order valence-corrected chi connectivity index (χ2v) is 8.43. The van der Waals surface area contributed by atoms with Crippen molar-refractivity contribution < 1.29 is 19.0 Å². The summed E-state index contributed by atoms with van der Waals surface area (Å²) in [5.74, 6) is 2.31.